The molecule has 0 aromatic heterocycles. The van der Waals surface area contributed by atoms with Gasteiger partial charge in [0, 0.05) is 6.61 Å². The Bertz CT molecular complexity index is 838. The van der Waals surface area contributed by atoms with E-state index in [1.807, 2.05) is 6.92 Å². The van der Waals surface area contributed by atoms with Crippen LogP contribution in [0.3, 0.4) is 0 Å². The Balaban J connectivity index is 1.54. The Hall–Kier alpha value is -0.610. The first-order chi connectivity index (χ1) is 15.8. The number of fused-ring (bicyclic) bond motifs is 7. The van der Waals surface area contributed by atoms with Crippen molar-refractivity contribution in [3.63, 3.8) is 0 Å². The molecule has 5 fully saturated rings. The summed E-state index contributed by atoms with van der Waals surface area (Å²) in [7, 11) is 0. The number of carboxylic acid groups (broad SMARTS) is 1. The summed E-state index contributed by atoms with van der Waals surface area (Å²) >= 11 is 0. The van der Waals surface area contributed by atoms with E-state index in [1.54, 1.807) is 0 Å². The van der Waals surface area contributed by atoms with Crippen molar-refractivity contribution in [2.75, 3.05) is 6.61 Å². The summed E-state index contributed by atoms with van der Waals surface area (Å²) < 4.78 is 0. The number of hydrogen-bond acceptors (Lipinski definition) is 3. The number of carbonyl (C=O) groups is 1. The van der Waals surface area contributed by atoms with Crippen LogP contribution in [0.4, 0.5) is 0 Å². The lowest BCUT2D eigenvalue weighted by molar-refractivity contribution is -0.251. The average Bonchev–Trinajstić information content (AvgIpc) is 3.16. The van der Waals surface area contributed by atoms with Crippen molar-refractivity contribution >= 4 is 5.97 Å². The van der Waals surface area contributed by atoms with Crippen LogP contribution in [0.1, 0.15) is 106 Å². The molecule has 4 heteroatoms. The fraction of sp³-hybridized carbons (Fsp3) is 0.967. The molecule has 11 unspecified atom stereocenters. The quantitative estimate of drug-likeness (QED) is 0.459. The average molecular weight is 475 g/mol. The van der Waals surface area contributed by atoms with E-state index in [0.29, 0.717) is 23.7 Å². The van der Waals surface area contributed by atoms with Crippen LogP contribution in [-0.2, 0) is 4.79 Å². The third-order valence-electron chi connectivity index (χ3n) is 14.0. The molecule has 34 heavy (non-hydrogen) atoms. The number of aliphatic carboxylic acids is 1. The van der Waals surface area contributed by atoms with Gasteiger partial charge in [0.2, 0.25) is 0 Å². The van der Waals surface area contributed by atoms with Gasteiger partial charge in [-0.2, -0.15) is 0 Å². The molecule has 5 aliphatic carbocycles. The molecule has 11 atom stereocenters. The minimum Gasteiger partial charge on any atom is -0.481 e. The van der Waals surface area contributed by atoms with Crippen LogP contribution >= 0.6 is 0 Å². The van der Waals surface area contributed by atoms with Crippen LogP contribution in [0.2, 0.25) is 0 Å². The van der Waals surface area contributed by atoms with Gasteiger partial charge in [-0.05, 0) is 121 Å². The second kappa shape index (κ2) is 7.70. The van der Waals surface area contributed by atoms with Crippen LogP contribution in [0.15, 0.2) is 0 Å². The standard InChI is InChI=1S/C30H50O4/c1-18(25(33)34)19-9-14-30(17-31)16-15-28(5)20(24(19)30)7-8-22-27(4)12-11-23(32)26(2,3)21(27)10-13-29(22,28)6/h18-24,31-32H,7-17H2,1-6H3,(H,33,34). The summed E-state index contributed by atoms with van der Waals surface area (Å²) in [6, 6.07) is 0. The molecule has 5 saturated carbocycles. The molecule has 3 N–H and O–H groups in total. The highest BCUT2D eigenvalue weighted by atomic mass is 16.4. The second-order valence-electron chi connectivity index (χ2n) is 14.9. The molecule has 0 spiro atoms. The van der Waals surface area contributed by atoms with E-state index in [2.05, 4.69) is 34.6 Å². The van der Waals surface area contributed by atoms with Crippen molar-refractivity contribution in [3.8, 4) is 0 Å². The van der Waals surface area contributed by atoms with Crippen molar-refractivity contribution in [3.05, 3.63) is 0 Å². The number of hydrogen-bond donors (Lipinski definition) is 3. The zero-order chi connectivity index (χ0) is 24.9. The smallest absolute Gasteiger partial charge is 0.306 e. The first kappa shape index (κ1) is 25.1. The van der Waals surface area contributed by atoms with Gasteiger partial charge >= 0.3 is 5.97 Å². The molecule has 0 aliphatic heterocycles. The van der Waals surface area contributed by atoms with Gasteiger partial charge in [-0.25, -0.2) is 0 Å². The van der Waals surface area contributed by atoms with Crippen LogP contribution in [-0.4, -0.2) is 34.0 Å². The summed E-state index contributed by atoms with van der Waals surface area (Å²) in [6.45, 7) is 14.5. The molecule has 0 aromatic rings. The summed E-state index contributed by atoms with van der Waals surface area (Å²) in [4.78, 5) is 12.1. The molecule has 0 saturated heterocycles. The van der Waals surface area contributed by atoms with Crippen molar-refractivity contribution < 1.29 is 20.1 Å². The van der Waals surface area contributed by atoms with Gasteiger partial charge in [-0.3, -0.25) is 4.79 Å². The normalized spacial score (nSPS) is 54.8. The summed E-state index contributed by atoms with van der Waals surface area (Å²) in [5.74, 6) is 1.24. The molecular formula is C30H50O4. The molecule has 194 valence electrons. The van der Waals surface area contributed by atoms with Crippen molar-refractivity contribution in [2.24, 2.45) is 62.6 Å². The molecule has 0 amide bonds. The lowest BCUT2D eigenvalue weighted by Crippen LogP contribution is -2.67. The second-order valence-corrected chi connectivity index (χ2v) is 14.9. The third-order valence-corrected chi connectivity index (χ3v) is 14.0. The maximum atomic E-state index is 12.1. The van der Waals surface area contributed by atoms with Crippen LogP contribution < -0.4 is 0 Å². The van der Waals surface area contributed by atoms with E-state index in [9.17, 15) is 20.1 Å². The van der Waals surface area contributed by atoms with Crippen LogP contribution in [0.5, 0.6) is 0 Å². The molecule has 5 rings (SSSR count). The lowest BCUT2D eigenvalue weighted by atomic mass is 9.32. The predicted octanol–water partition coefficient (Wildman–Crippen LogP) is 6.14. The first-order valence-corrected chi connectivity index (χ1v) is 14.3. The SMILES string of the molecule is CC(C(=O)O)C1CCC2(CO)CCC3(C)C(CCC4C5(C)CCC(O)C(C)(C)C5CCC43C)C12. The molecule has 4 nitrogen and oxygen atoms in total. The fourth-order valence-corrected chi connectivity index (χ4v) is 11.8. The summed E-state index contributed by atoms with van der Waals surface area (Å²) in [5, 5.41) is 31.5. The van der Waals surface area contributed by atoms with Gasteiger partial charge in [0.05, 0.1) is 12.0 Å². The maximum Gasteiger partial charge on any atom is 0.306 e. The third kappa shape index (κ3) is 2.93. The number of aliphatic hydroxyl groups excluding tert-OH is 2. The fourth-order valence-electron chi connectivity index (χ4n) is 11.8. The highest BCUT2D eigenvalue weighted by Crippen LogP contribution is 2.77. The molecule has 0 bridgehead atoms. The largest absolute Gasteiger partial charge is 0.481 e. The Kier molecular flexibility index (Phi) is 5.67. The maximum absolute atomic E-state index is 12.1. The zero-order valence-corrected chi connectivity index (χ0v) is 22.6. The zero-order valence-electron chi connectivity index (χ0n) is 22.6. The monoisotopic (exact) mass is 474 g/mol. The molecule has 5 aliphatic rings. The van der Waals surface area contributed by atoms with Crippen molar-refractivity contribution in [2.45, 2.75) is 112 Å². The Morgan fingerprint density at radius 3 is 2.21 bits per heavy atom. The van der Waals surface area contributed by atoms with E-state index in [0.717, 1.165) is 32.1 Å². The Labute approximate surface area is 207 Å². The molecular weight excluding hydrogens is 424 g/mol. The van der Waals surface area contributed by atoms with Gasteiger partial charge in [0.25, 0.3) is 0 Å². The molecule has 0 radical (unpaired) electrons. The van der Waals surface area contributed by atoms with E-state index in [1.165, 1.54) is 32.1 Å². The minimum absolute atomic E-state index is 0.0296. The van der Waals surface area contributed by atoms with Crippen molar-refractivity contribution in [1.82, 2.24) is 0 Å². The Morgan fingerprint density at radius 2 is 1.56 bits per heavy atom. The van der Waals surface area contributed by atoms with Gasteiger partial charge < -0.3 is 15.3 Å². The van der Waals surface area contributed by atoms with Crippen LogP contribution in [0.25, 0.3) is 0 Å². The van der Waals surface area contributed by atoms with Gasteiger partial charge in [0.15, 0.2) is 0 Å². The van der Waals surface area contributed by atoms with E-state index < -0.39 is 5.97 Å². The number of rotatable bonds is 3. The molecule has 0 aromatic carbocycles. The van der Waals surface area contributed by atoms with Gasteiger partial charge in [-0.15, -0.1) is 0 Å². The summed E-state index contributed by atoms with van der Waals surface area (Å²) in [6.07, 6.45) is 10.8. The van der Waals surface area contributed by atoms with Crippen LogP contribution in [0, 0.1) is 62.6 Å². The topological polar surface area (TPSA) is 77.8 Å². The lowest BCUT2D eigenvalue weighted by Gasteiger charge is -2.73. The predicted molar refractivity (Wildman–Crippen MR) is 134 cm³/mol. The highest BCUT2D eigenvalue weighted by Gasteiger charge is 2.71. The summed E-state index contributed by atoms with van der Waals surface area (Å²) in [5.41, 5.74) is 0.589. The van der Waals surface area contributed by atoms with E-state index in [4.69, 9.17) is 0 Å². The van der Waals surface area contributed by atoms with E-state index in [-0.39, 0.29) is 51.6 Å². The minimum atomic E-state index is -0.665. The number of carboxylic acids is 1. The first-order valence-electron chi connectivity index (χ1n) is 14.3. The van der Waals surface area contributed by atoms with Gasteiger partial charge in [0.1, 0.15) is 0 Å². The molecule has 0 heterocycles. The highest BCUT2D eigenvalue weighted by molar-refractivity contribution is 5.70. The van der Waals surface area contributed by atoms with E-state index >= 15 is 0 Å². The van der Waals surface area contributed by atoms with Gasteiger partial charge in [-0.1, -0.05) is 41.5 Å². The Morgan fingerprint density at radius 1 is 0.853 bits per heavy atom. The number of aliphatic hydroxyl groups is 2. The van der Waals surface area contributed by atoms with Crippen molar-refractivity contribution in [1.29, 1.82) is 0 Å².